The summed E-state index contributed by atoms with van der Waals surface area (Å²) in [6.07, 6.45) is 3.41. The van der Waals surface area contributed by atoms with Gasteiger partial charge in [0, 0.05) is 6.54 Å². The van der Waals surface area contributed by atoms with Crippen LogP contribution in [-0.2, 0) is 0 Å². The molecule has 0 spiro atoms. The molecule has 0 saturated carbocycles. The first-order valence-electron chi connectivity index (χ1n) is 7.48. The summed E-state index contributed by atoms with van der Waals surface area (Å²) >= 11 is 0. The predicted octanol–water partition coefficient (Wildman–Crippen LogP) is 4.61. The molecule has 2 heteroatoms. The molecule has 2 nitrogen and oxygen atoms in total. The van der Waals surface area contributed by atoms with Crippen LogP contribution in [0.25, 0.3) is 0 Å². The van der Waals surface area contributed by atoms with Crippen LogP contribution in [0.1, 0.15) is 37.4 Å². The van der Waals surface area contributed by atoms with Gasteiger partial charge in [-0.3, -0.25) is 4.90 Å². The molecule has 108 valence electrons. The van der Waals surface area contributed by atoms with Gasteiger partial charge in [0.1, 0.15) is 0 Å². The van der Waals surface area contributed by atoms with Crippen molar-refractivity contribution in [3.63, 3.8) is 0 Å². The minimum atomic E-state index is -0.00356. The minimum Gasteiger partial charge on any atom is -0.299 e. The Morgan fingerprint density at radius 1 is 0.905 bits per heavy atom. The van der Waals surface area contributed by atoms with E-state index in [1.165, 1.54) is 0 Å². The first-order chi connectivity index (χ1) is 10.2. The topological polar surface area (TPSA) is 27.0 Å². The van der Waals surface area contributed by atoms with Gasteiger partial charge in [-0.25, -0.2) is 0 Å². The van der Waals surface area contributed by atoms with Crippen LogP contribution in [0.15, 0.2) is 60.7 Å². The number of rotatable bonds is 6. The summed E-state index contributed by atoms with van der Waals surface area (Å²) in [5.74, 6) is 0.591. The second kappa shape index (κ2) is 7.50. The molecule has 0 saturated heterocycles. The highest BCUT2D eigenvalue weighted by atomic mass is 15.1. The van der Waals surface area contributed by atoms with Gasteiger partial charge in [0.15, 0.2) is 6.19 Å². The molecule has 0 fully saturated rings. The molecule has 0 radical (unpaired) electrons. The summed E-state index contributed by atoms with van der Waals surface area (Å²) in [5, 5.41) is 9.61. The molecule has 0 N–H and O–H groups in total. The van der Waals surface area contributed by atoms with E-state index in [0.717, 1.165) is 24.1 Å². The highest BCUT2D eigenvalue weighted by Crippen LogP contribution is 2.28. The van der Waals surface area contributed by atoms with E-state index in [9.17, 15) is 5.26 Å². The van der Waals surface area contributed by atoms with Crippen molar-refractivity contribution in [2.45, 2.75) is 26.3 Å². The number of nitriles is 1. The Hall–Kier alpha value is -2.27. The van der Waals surface area contributed by atoms with E-state index in [2.05, 4.69) is 44.3 Å². The molecule has 0 bridgehead atoms. The maximum Gasteiger partial charge on any atom is 0.180 e. The largest absolute Gasteiger partial charge is 0.299 e. The van der Waals surface area contributed by atoms with Crippen molar-refractivity contribution in [1.29, 1.82) is 5.26 Å². The molecule has 0 amide bonds. The van der Waals surface area contributed by atoms with Crippen LogP contribution in [0, 0.1) is 17.4 Å². The van der Waals surface area contributed by atoms with Crippen molar-refractivity contribution in [3.05, 3.63) is 71.8 Å². The first-order valence-corrected chi connectivity index (χ1v) is 7.48. The Morgan fingerprint density at radius 2 is 1.38 bits per heavy atom. The number of hydrogen-bond acceptors (Lipinski definition) is 2. The molecular formula is C19H22N2. The maximum absolute atomic E-state index is 9.61. The van der Waals surface area contributed by atoms with Gasteiger partial charge in [-0.2, -0.15) is 5.26 Å². The van der Waals surface area contributed by atoms with Gasteiger partial charge in [0.2, 0.25) is 0 Å². The molecular weight excluding hydrogens is 256 g/mol. The zero-order valence-electron chi connectivity index (χ0n) is 12.7. The molecule has 0 unspecified atom stereocenters. The molecule has 0 aliphatic rings. The Morgan fingerprint density at radius 3 is 1.76 bits per heavy atom. The van der Waals surface area contributed by atoms with Crippen LogP contribution in [0.4, 0.5) is 0 Å². The Kier molecular flexibility index (Phi) is 5.40. The second-order valence-corrected chi connectivity index (χ2v) is 5.70. The van der Waals surface area contributed by atoms with Gasteiger partial charge < -0.3 is 0 Å². The van der Waals surface area contributed by atoms with Gasteiger partial charge >= 0.3 is 0 Å². The molecule has 0 heterocycles. The van der Waals surface area contributed by atoms with Gasteiger partial charge in [0.25, 0.3) is 0 Å². The fraction of sp³-hybridized carbons (Fsp3) is 0.316. The lowest BCUT2D eigenvalue weighted by Gasteiger charge is -2.28. The fourth-order valence-electron chi connectivity index (χ4n) is 2.46. The molecule has 21 heavy (non-hydrogen) atoms. The van der Waals surface area contributed by atoms with Crippen molar-refractivity contribution >= 4 is 0 Å². The number of benzene rings is 2. The Bertz CT molecular complexity index is 530. The molecule has 0 aromatic heterocycles. The normalized spacial score (nSPS) is 10.6. The fourth-order valence-corrected chi connectivity index (χ4v) is 2.46. The quantitative estimate of drug-likeness (QED) is 0.570. The summed E-state index contributed by atoms with van der Waals surface area (Å²) < 4.78 is 0. The summed E-state index contributed by atoms with van der Waals surface area (Å²) in [5.41, 5.74) is 2.32. The van der Waals surface area contributed by atoms with Crippen molar-refractivity contribution in [2.24, 2.45) is 5.92 Å². The summed E-state index contributed by atoms with van der Waals surface area (Å²) in [7, 11) is 0. The van der Waals surface area contributed by atoms with Crippen LogP contribution < -0.4 is 0 Å². The van der Waals surface area contributed by atoms with Gasteiger partial charge in [-0.05, 0) is 23.5 Å². The van der Waals surface area contributed by atoms with Crippen LogP contribution in [-0.4, -0.2) is 11.4 Å². The molecule has 0 aliphatic carbocycles. The lowest BCUT2D eigenvalue weighted by molar-refractivity contribution is 0.309. The van der Waals surface area contributed by atoms with E-state index < -0.39 is 0 Å². The monoisotopic (exact) mass is 278 g/mol. The van der Waals surface area contributed by atoms with Crippen molar-refractivity contribution in [3.8, 4) is 6.19 Å². The van der Waals surface area contributed by atoms with E-state index in [1.807, 2.05) is 41.3 Å². The minimum absolute atomic E-state index is 0.00356. The van der Waals surface area contributed by atoms with Crippen molar-refractivity contribution < 1.29 is 0 Å². The lowest BCUT2D eigenvalue weighted by atomic mass is 9.97. The van der Waals surface area contributed by atoms with Gasteiger partial charge in [-0.1, -0.05) is 74.5 Å². The smallest absolute Gasteiger partial charge is 0.180 e. The van der Waals surface area contributed by atoms with Crippen molar-refractivity contribution in [2.75, 3.05) is 6.54 Å². The van der Waals surface area contributed by atoms with E-state index in [0.29, 0.717) is 5.92 Å². The van der Waals surface area contributed by atoms with E-state index >= 15 is 0 Å². The summed E-state index contributed by atoms with van der Waals surface area (Å²) in [6, 6.07) is 20.5. The molecule has 2 aromatic carbocycles. The molecule has 0 aliphatic heterocycles. The van der Waals surface area contributed by atoms with Crippen molar-refractivity contribution in [1.82, 2.24) is 4.90 Å². The van der Waals surface area contributed by atoms with E-state index in [4.69, 9.17) is 0 Å². The maximum atomic E-state index is 9.61. The third-order valence-electron chi connectivity index (χ3n) is 3.62. The van der Waals surface area contributed by atoms with Gasteiger partial charge in [0.05, 0.1) is 6.04 Å². The van der Waals surface area contributed by atoms with Crippen LogP contribution in [0.5, 0.6) is 0 Å². The lowest BCUT2D eigenvalue weighted by Crippen LogP contribution is -2.27. The standard InChI is InChI=1S/C19H22N2/c1-16(2)13-14-21(15-20)19(17-9-5-3-6-10-17)18-11-7-4-8-12-18/h3-12,16,19H,13-14H2,1-2H3. The third-order valence-corrected chi connectivity index (χ3v) is 3.62. The number of nitrogens with zero attached hydrogens (tertiary/aromatic N) is 2. The average Bonchev–Trinajstić information content (AvgIpc) is 2.53. The third kappa shape index (κ3) is 4.10. The summed E-state index contributed by atoms with van der Waals surface area (Å²) in [6.45, 7) is 5.16. The average molecular weight is 278 g/mol. The zero-order chi connectivity index (χ0) is 15.1. The highest BCUT2D eigenvalue weighted by Gasteiger charge is 2.21. The van der Waals surface area contributed by atoms with Gasteiger partial charge in [-0.15, -0.1) is 0 Å². The highest BCUT2D eigenvalue weighted by molar-refractivity contribution is 5.32. The Labute approximate surface area is 127 Å². The van der Waals surface area contributed by atoms with Crippen LogP contribution in [0.3, 0.4) is 0 Å². The molecule has 2 aromatic rings. The molecule has 2 rings (SSSR count). The summed E-state index contributed by atoms with van der Waals surface area (Å²) in [4.78, 5) is 1.89. The zero-order valence-corrected chi connectivity index (χ0v) is 12.7. The van der Waals surface area contributed by atoms with E-state index in [1.54, 1.807) is 0 Å². The van der Waals surface area contributed by atoms with Crippen LogP contribution >= 0.6 is 0 Å². The molecule has 0 atom stereocenters. The van der Waals surface area contributed by atoms with E-state index in [-0.39, 0.29) is 6.04 Å². The second-order valence-electron chi connectivity index (χ2n) is 5.70. The predicted molar refractivity (Wildman–Crippen MR) is 86.5 cm³/mol. The number of hydrogen-bond donors (Lipinski definition) is 0. The Balaban J connectivity index is 2.34. The van der Waals surface area contributed by atoms with Crippen LogP contribution in [0.2, 0.25) is 0 Å². The first kappa shape index (κ1) is 15.1. The SMILES string of the molecule is CC(C)CCN(C#N)C(c1ccccc1)c1ccccc1.